The average molecular weight is 234 g/mol. The van der Waals surface area contributed by atoms with Crippen LogP contribution < -0.4 is 0 Å². The first-order valence-electron chi connectivity index (χ1n) is 5.85. The fourth-order valence-corrected chi connectivity index (χ4v) is 1.17. The molecule has 0 N–H and O–H groups in total. The highest BCUT2D eigenvalue weighted by atomic mass is 19.3. The number of rotatable bonds is 6. The molecule has 0 aromatic heterocycles. The molecule has 0 rings (SSSR count). The molecule has 0 aromatic carbocycles. The molecule has 0 heterocycles. The fourth-order valence-electron chi connectivity index (χ4n) is 1.17. The Bertz CT molecular complexity index is 208. The molecule has 0 spiro atoms. The number of hydrogen-bond donors (Lipinski definition) is 0. The van der Waals surface area contributed by atoms with Crippen LogP contribution in [0.15, 0.2) is 23.5 Å². The summed E-state index contributed by atoms with van der Waals surface area (Å²) >= 11 is 0. The Labute approximate surface area is 98.2 Å². The van der Waals surface area contributed by atoms with Gasteiger partial charge in [-0.15, -0.1) is 0 Å². The van der Waals surface area contributed by atoms with Crippen molar-refractivity contribution in [3.05, 3.63) is 23.5 Å². The summed E-state index contributed by atoms with van der Waals surface area (Å²) in [5.74, 6) is 0.298. The zero-order valence-corrected chi connectivity index (χ0v) is 11.0. The zero-order chi connectivity index (χ0) is 13.0. The molecule has 0 amide bonds. The minimum Gasteiger partial charge on any atom is -0.440 e. The van der Waals surface area contributed by atoms with Gasteiger partial charge in [-0.05, 0) is 39.2 Å². The van der Waals surface area contributed by atoms with Crippen molar-refractivity contribution in [3.63, 3.8) is 0 Å². The second-order valence-electron chi connectivity index (χ2n) is 3.03. The van der Waals surface area contributed by atoms with Gasteiger partial charge in [-0.2, -0.15) is 8.78 Å². The Morgan fingerprint density at radius 1 is 1.31 bits per heavy atom. The average Bonchev–Trinajstić information content (AvgIpc) is 2.26. The maximum Gasteiger partial charge on any atom is 0.387 e. The van der Waals surface area contributed by atoms with E-state index >= 15 is 0 Å². The highest BCUT2D eigenvalue weighted by Crippen LogP contribution is 2.12. The van der Waals surface area contributed by atoms with E-state index in [9.17, 15) is 8.78 Å². The van der Waals surface area contributed by atoms with Crippen molar-refractivity contribution in [2.75, 3.05) is 0 Å². The van der Waals surface area contributed by atoms with Crippen molar-refractivity contribution >= 4 is 0 Å². The van der Waals surface area contributed by atoms with Gasteiger partial charge in [0.15, 0.2) is 0 Å². The third-order valence-electron chi connectivity index (χ3n) is 2.03. The van der Waals surface area contributed by atoms with Gasteiger partial charge in [-0.3, -0.25) is 0 Å². The summed E-state index contributed by atoms with van der Waals surface area (Å²) in [6.07, 6.45) is 6.45. The Morgan fingerprint density at radius 3 is 2.25 bits per heavy atom. The fraction of sp³-hybridized carbons (Fsp3) is 0.692. The second-order valence-corrected chi connectivity index (χ2v) is 3.03. The molecule has 0 radical (unpaired) electrons. The molecule has 96 valence electrons. The molecule has 1 nitrogen and oxygen atoms in total. The normalized spacial score (nSPS) is 12.2. The van der Waals surface area contributed by atoms with Crippen molar-refractivity contribution in [3.8, 4) is 0 Å². The summed E-state index contributed by atoms with van der Waals surface area (Å²) in [4.78, 5) is 0. The van der Waals surface area contributed by atoms with Gasteiger partial charge < -0.3 is 4.74 Å². The molecule has 0 saturated carbocycles. The molecule has 0 aliphatic heterocycles. The molecule has 16 heavy (non-hydrogen) atoms. The molecule has 0 fully saturated rings. The van der Waals surface area contributed by atoms with E-state index in [2.05, 4.69) is 17.7 Å². The summed E-state index contributed by atoms with van der Waals surface area (Å²) < 4.78 is 27.7. The maximum atomic E-state index is 11.7. The molecule has 0 bridgehead atoms. The molecule has 0 atom stereocenters. The van der Waals surface area contributed by atoms with Gasteiger partial charge in [0.05, 0.1) is 5.76 Å². The largest absolute Gasteiger partial charge is 0.440 e. The van der Waals surface area contributed by atoms with Gasteiger partial charge in [0.2, 0.25) is 0 Å². The van der Waals surface area contributed by atoms with E-state index in [1.54, 1.807) is 13.0 Å². The van der Waals surface area contributed by atoms with Crippen LogP contribution in [0.4, 0.5) is 8.78 Å². The first-order chi connectivity index (χ1) is 7.60. The first kappa shape index (κ1) is 17.5. The number of alkyl halides is 2. The molecule has 0 aromatic rings. The van der Waals surface area contributed by atoms with Crippen LogP contribution in [0.2, 0.25) is 0 Å². The van der Waals surface area contributed by atoms with Gasteiger partial charge in [0.25, 0.3) is 0 Å². The predicted molar refractivity (Wildman–Crippen MR) is 65.5 cm³/mol. The van der Waals surface area contributed by atoms with E-state index in [1.807, 2.05) is 20.8 Å². The number of hydrogen-bond acceptors (Lipinski definition) is 1. The van der Waals surface area contributed by atoms with Gasteiger partial charge in [-0.25, -0.2) is 0 Å². The first-order valence-corrected chi connectivity index (χ1v) is 5.85. The Hall–Kier alpha value is -0.860. The Morgan fingerprint density at radius 2 is 1.88 bits per heavy atom. The van der Waals surface area contributed by atoms with E-state index in [0.717, 1.165) is 19.3 Å². The summed E-state index contributed by atoms with van der Waals surface area (Å²) in [7, 11) is 0. The molecular formula is C13H24F2O. The van der Waals surface area contributed by atoms with Crippen molar-refractivity contribution in [2.24, 2.45) is 0 Å². The van der Waals surface area contributed by atoms with Crippen LogP contribution in [0, 0.1) is 0 Å². The van der Waals surface area contributed by atoms with E-state index in [4.69, 9.17) is 0 Å². The summed E-state index contributed by atoms with van der Waals surface area (Å²) in [5.41, 5.74) is 1.34. The Kier molecular flexibility index (Phi) is 13.4. The number of halogens is 2. The van der Waals surface area contributed by atoms with Crippen LogP contribution in [0.5, 0.6) is 0 Å². The molecule has 0 unspecified atom stereocenters. The van der Waals surface area contributed by atoms with Crippen LogP contribution in [0.25, 0.3) is 0 Å². The van der Waals surface area contributed by atoms with Gasteiger partial charge >= 0.3 is 6.61 Å². The van der Waals surface area contributed by atoms with Crippen LogP contribution in [-0.4, -0.2) is 6.61 Å². The summed E-state index contributed by atoms with van der Waals surface area (Å²) in [6, 6.07) is 0. The topological polar surface area (TPSA) is 9.23 Å². The quantitative estimate of drug-likeness (QED) is 0.448. The third kappa shape index (κ3) is 11.2. The summed E-state index contributed by atoms with van der Waals surface area (Å²) in [6.45, 7) is 6.92. The lowest BCUT2D eigenvalue weighted by Crippen LogP contribution is -1.96. The van der Waals surface area contributed by atoms with Crippen molar-refractivity contribution in [1.82, 2.24) is 0 Å². The molecular weight excluding hydrogens is 210 g/mol. The highest BCUT2D eigenvalue weighted by molar-refractivity contribution is 5.01. The van der Waals surface area contributed by atoms with Crippen LogP contribution in [0.3, 0.4) is 0 Å². The molecule has 0 saturated heterocycles. The SMILES string of the molecule is C/C=C(/CC)CC/C=C(\C)OC(F)F.CC. The second kappa shape index (κ2) is 12.2. The van der Waals surface area contributed by atoms with Crippen molar-refractivity contribution in [1.29, 1.82) is 0 Å². The van der Waals surface area contributed by atoms with Crippen molar-refractivity contribution in [2.45, 2.75) is 60.5 Å². The lowest BCUT2D eigenvalue weighted by Gasteiger charge is -2.04. The summed E-state index contributed by atoms with van der Waals surface area (Å²) in [5, 5.41) is 0. The van der Waals surface area contributed by atoms with E-state index in [-0.39, 0.29) is 0 Å². The standard InChI is InChI=1S/C11H18F2O.C2H6/c1-4-10(5-2)8-6-7-9(3)14-11(12)13;1-2/h4,7,11H,5-6,8H2,1-3H3;1-2H3/b9-7+,10-4-;. The zero-order valence-electron chi connectivity index (χ0n) is 11.0. The van der Waals surface area contributed by atoms with E-state index < -0.39 is 6.61 Å². The third-order valence-corrected chi connectivity index (χ3v) is 2.03. The molecule has 0 aliphatic rings. The lowest BCUT2D eigenvalue weighted by molar-refractivity contribution is -0.0956. The Balaban J connectivity index is 0. The maximum absolute atomic E-state index is 11.7. The van der Waals surface area contributed by atoms with E-state index in [0.29, 0.717) is 5.76 Å². The van der Waals surface area contributed by atoms with Crippen LogP contribution in [0.1, 0.15) is 53.9 Å². The smallest absolute Gasteiger partial charge is 0.387 e. The molecule has 3 heteroatoms. The minimum absolute atomic E-state index is 0.298. The lowest BCUT2D eigenvalue weighted by atomic mass is 10.1. The number of allylic oxidation sites excluding steroid dienone is 4. The van der Waals surface area contributed by atoms with Crippen LogP contribution >= 0.6 is 0 Å². The van der Waals surface area contributed by atoms with Gasteiger partial charge in [0, 0.05) is 0 Å². The predicted octanol–water partition coefficient (Wildman–Crippen LogP) is 5.29. The van der Waals surface area contributed by atoms with Gasteiger partial charge in [-0.1, -0.05) is 32.4 Å². The van der Waals surface area contributed by atoms with Gasteiger partial charge in [0.1, 0.15) is 0 Å². The van der Waals surface area contributed by atoms with Crippen LogP contribution in [-0.2, 0) is 4.74 Å². The number of ether oxygens (including phenoxy) is 1. The van der Waals surface area contributed by atoms with Crippen molar-refractivity contribution < 1.29 is 13.5 Å². The minimum atomic E-state index is -2.71. The highest BCUT2D eigenvalue weighted by Gasteiger charge is 2.01. The monoisotopic (exact) mass is 234 g/mol. The molecule has 0 aliphatic carbocycles. The van der Waals surface area contributed by atoms with E-state index in [1.165, 1.54) is 5.57 Å².